The van der Waals surface area contributed by atoms with Crippen LogP contribution in [0.25, 0.3) is 0 Å². The summed E-state index contributed by atoms with van der Waals surface area (Å²) >= 11 is 6.54. The van der Waals surface area contributed by atoms with E-state index in [1.807, 2.05) is 6.92 Å². The van der Waals surface area contributed by atoms with E-state index >= 15 is 0 Å². The summed E-state index contributed by atoms with van der Waals surface area (Å²) in [7, 11) is 0. The maximum atomic E-state index is 11.8. The van der Waals surface area contributed by atoms with Gasteiger partial charge in [-0.25, -0.2) is 5.43 Å². The van der Waals surface area contributed by atoms with Gasteiger partial charge in [-0.1, -0.05) is 15.9 Å². The van der Waals surface area contributed by atoms with Gasteiger partial charge in [0.2, 0.25) is 0 Å². The van der Waals surface area contributed by atoms with Crippen LogP contribution in [-0.2, 0) is 0 Å². The number of halogens is 2. The summed E-state index contributed by atoms with van der Waals surface area (Å²) in [5, 5.41) is 13.7. The summed E-state index contributed by atoms with van der Waals surface area (Å²) < 4.78 is 1.31. The Morgan fingerprint density at radius 2 is 2.14 bits per heavy atom. The summed E-state index contributed by atoms with van der Waals surface area (Å²) in [5.41, 5.74) is 4.10. The molecule has 0 spiro atoms. The molecule has 1 aromatic carbocycles. The number of pyridine rings is 1. The summed E-state index contributed by atoms with van der Waals surface area (Å²) in [4.78, 5) is 15.9. The zero-order valence-electron chi connectivity index (χ0n) is 11.0. The topological polar surface area (TPSA) is 74.6 Å². The maximum Gasteiger partial charge on any atom is 0.272 e. The number of amides is 1. The Morgan fingerprint density at radius 3 is 2.81 bits per heavy atom. The number of hydrazone groups is 1. The van der Waals surface area contributed by atoms with Crippen LogP contribution in [0.4, 0.5) is 0 Å². The van der Waals surface area contributed by atoms with E-state index in [2.05, 4.69) is 47.4 Å². The first-order chi connectivity index (χ1) is 9.97. The molecule has 0 saturated carbocycles. The van der Waals surface area contributed by atoms with E-state index in [-0.39, 0.29) is 11.7 Å². The largest absolute Gasteiger partial charge is 0.506 e. The third kappa shape index (κ3) is 4.12. The van der Waals surface area contributed by atoms with E-state index in [1.54, 1.807) is 24.3 Å². The fourth-order valence-corrected chi connectivity index (χ4v) is 2.77. The number of carbonyl (C=O) groups excluding carboxylic acids is 1. The molecular weight excluding hydrogens is 402 g/mol. The average Bonchev–Trinajstić information content (AvgIpc) is 2.44. The van der Waals surface area contributed by atoms with E-state index < -0.39 is 0 Å². The Kier molecular flexibility index (Phi) is 5.08. The number of nitrogens with zero attached hydrogens (tertiary/aromatic N) is 2. The van der Waals surface area contributed by atoms with Crippen molar-refractivity contribution in [2.45, 2.75) is 6.92 Å². The van der Waals surface area contributed by atoms with Gasteiger partial charge in [-0.3, -0.25) is 9.78 Å². The highest BCUT2D eigenvalue weighted by Gasteiger charge is 2.06. The number of carbonyl (C=O) groups is 1. The lowest BCUT2D eigenvalue weighted by Crippen LogP contribution is -2.17. The molecule has 2 rings (SSSR count). The van der Waals surface area contributed by atoms with Crippen LogP contribution in [-0.4, -0.2) is 22.2 Å². The molecule has 7 heteroatoms. The summed E-state index contributed by atoms with van der Waals surface area (Å²) in [6.07, 6.45) is 2.84. The number of aromatic hydroxyl groups is 1. The molecule has 0 aliphatic heterocycles. The van der Waals surface area contributed by atoms with Gasteiger partial charge in [0, 0.05) is 21.9 Å². The molecule has 2 N–H and O–H groups in total. The first-order valence-electron chi connectivity index (χ1n) is 5.91. The van der Waals surface area contributed by atoms with Crippen molar-refractivity contribution in [1.29, 1.82) is 0 Å². The first kappa shape index (κ1) is 15.7. The Hall–Kier alpha value is -1.73. The van der Waals surface area contributed by atoms with Crippen molar-refractivity contribution >= 4 is 44.0 Å². The number of aromatic nitrogens is 1. The summed E-state index contributed by atoms with van der Waals surface area (Å²) in [6, 6.07) is 6.81. The standard InChI is InChI=1S/C14H11Br2N3O2/c1-8-2-3-9(6-17-8)14(21)19-18-7-10-4-11(15)5-12(16)13(10)20/h2-7,20H,1H3,(H,19,21)/b18-7-. The minimum Gasteiger partial charge on any atom is -0.506 e. The highest BCUT2D eigenvalue weighted by Crippen LogP contribution is 2.30. The van der Waals surface area contributed by atoms with Crippen LogP contribution in [0.5, 0.6) is 5.75 Å². The van der Waals surface area contributed by atoms with Crippen molar-refractivity contribution in [1.82, 2.24) is 10.4 Å². The predicted molar refractivity (Wildman–Crippen MR) is 87.5 cm³/mol. The van der Waals surface area contributed by atoms with Crippen LogP contribution >= 0.6 is 31.9 Å². The van der Waals surface area contributed by atoms with Crippen molar-refractivity contribution in [3.05, 3.63) is 56.2 Å². The molecule has 21 heavy (non-hydrogen) atoms. The smallest absolute Gasteiger partial charge is 0.272 e. The zero-order valence-corrected chi connectivity index (χ0v) is 14.1. The molecule has 0 aliphatic carbocycles. The van der Waals surface area contributed by atoms with Gasteiger partial charge in [-0.15, -0.1) is 0 Å². The molecule has 5 nitrogen and oxygen atoms in total. The highest BCUT2D eigenvalue weighted by atomic mass is 79.9. The van der Waals surface area contributed by atoms with Crippen molar-refractivity contribution in [3.8, 4) is 5.75 Å². The predicted octanol–water partition coefficient (Wildman–Crippen LogP) is 3.38. The number of hydrogen-bond donors (Lipinski definition) is 2. The van der Waals surface area contributed by atoms with Gasteiger partial charge < -0.3 is 5.11 Å². The minimum atomic E-state index is -0.368. The summed E-state index contributed by atoms with van der Waals surface area (Å²) in [5.74, 6) is -0.319. The second-order valence-electron chi connectivity index (χ2n) is 4.21. The van der Waals surface area contributed by atoms with Gasteiger partial charge in [0.1, 0.15) is 5.75 Å². The average molecular weight is 413 g/mol. The molecule has 0 radical (unpaired) electrons. The molecule has 1 amide bonds. The van der Waals surface area contributed by atoms with E-state index in [9.17, 15) is 9.90 Å². The van der Waals surface area contributed by atoms with Crippen LogP contribution in [0.3, 0.4) is 0 Å². The molecule has 2 aromatic rings. The van der Waals surface area contributed by atoms with Crippen molar-refractivity contribution in [2.75, 3.05) is 0 Å². The number of nitrogens with one attached hydrogen (secondary N) is 1. The zero-order chi connectivity index (χ0) is 15.4. The Balaban J connectivity index is 2.09. The van der Waals surface area contributed by atoms with Crippen molar-refractivity contribution in [3.63, 3.8) is 0 Å². The van der Waals surface area contributed by atoms with Crippen LogP contribution in [0.15, 0.2) is 44.5 Å². The molecular formula is C14H11Br2N3O2. The molecule has 0 bridgehead atoms. The number of benzene rings is 1. The minimum absolute atomic E-state index is 0.0493. The van der Waals surface area contributed by atoms with Gasteiger partial charge in [-0.2, -0.15) is 5.10 Å². The van der Waals surface area contributed by atoms with E-state index in [0.29, 0.717) is 15.6 Å². The van der Waals surface area contributed by atoms with Gasteiger partial charge in [0.25, 0.3) is 5.91 Å². The van der Waals surface area contributed by atoms with Gasteiger partial charge in [-0.05, 0) is 47.1 Å². The Morgan fingerprint density at radius 1 is 1.38 bits per heavy atom. The quantitative estimate of drug-likeness (QED) is 0.599. The lowest BCUT2D eigenvalue weighted by atomic mass is 10.2. The van der Waals surface area contributed by atoms with E-state index in [4.69, 9.17) is 0 Å². The fourth-order valence-electron chi connectivity index (χ4n) is 1.51. The molecule has 0 aliphatic rings. The van der Waals surface area contributed by atoms with E-state index in [1.165, 1.54) is 12.4 Å². The molecule has 108 valence electrons. The van der Waals surface area contributed by atoms with Crippen LogP contribution in [0, 0.1) is 6.92 Å². The Bertz CT molecular complexity index is 700. The highest BCUT2D eigenvalue weighted by molar-refractivity contribution is 9.11. The molecule has 0 atom stereocenters. The third-order valence-corrected chi connectivity index (χ3v) is 3.66. The van der Waals surface area contributed by atoms with Gasteiger partial charge >= 0.3 is 0 Å². The second kappa shape index (κ2) is 6.82. The summed E-state index contributed by atoms with van der Waals surface area (Å²) in [6.45, 7) is 1.84. The molecule has 1 heterocycles. The molecule has 0 unspecified atom stereocenters. The third-order valence-electron chi connectivity index (χ3n) is 2.60. The van der Waals surface area contributed by atoms with Gasteiger partial charge in [0.05, 0.1) is 16.3 Å². The van der Waals surface area contributed by atoms with Crippen molar-refractivity contribution in [2.24, 2.45) is 5.10 Å². The van der Waals surface area contributed by atoms with E-state index in [0.717, 1.165) is 10.2 Å². The Labute approximate surface area is 138 Å². The lowest BCUT2D eigenvalue weighted by Gasteiger charge is -2.03. The maximum absolute atomic E-state index is 11.8. The number of phenolic OH excluding ortho intramolecular Hbond substituents is 1. The van der Waals surface area contributed by atoms with Gasteiger partial charge in [0.15, 0.2) is 0 Å². The fraction of sp³-hybridized carbons (Fsp3) is 0.0714. The molecule has 0 fully saturated rings. The van der Waals surface area contributed by atoms with Crippen LogP contribution in [0.2, 0.25) is 0 Å². The lowest BCUT2D eigenvalue weighted by molar-refractivity contribution is 0.0954. The SMILES string of the molecule is Cc1ccc(C(=O)N/N=C\c2cc(Br)cc(Br)c2O)cn1. The number of hydrogen-bond acceptors (Lipinski definition) is 4. The first-order valence-corrected chi connectivity index (χ1v) is 7.50. The van der Waals surface area contributed by atoms with Crippen LogP contribution < -0.4 is 5.43 Å². The number of rotatable bonds is 3. The van der Waals surface area contributed by atoms with Crippen LogP contribution in [0.1, 0.15) is 21.6 Å². The normalized spacial score (nSPS) is 10.8. The second-order valence-corrected chi connectivity index (χ2v) is 5.98. The number of aryl methyl sites for hydroxylation is 1. The molecule has 1 aromatic heterocycles. The monoisotopic (exact) mass is 411 g/mol. The molecule has 0 saturated heterocycles. The van der Waals surface area contributed by atoms with Crippen molar-refractivity contribution < 1.29 is 9.90 Å². The number of phenols is 1.